The molecule has 26 heavy (non-hydrogen) atoms. The lowest BCUT2D eigenvalue weighted by Crippen LogP contribution is -1.91. The molecule has 2 aromatic carbocycles. The van der Waals surface area contributed by atoms with Crippen molar-refractivity contribution in [2.45, 2.75) is 17.7 Å². The summed E-state index contributed by atoms with van der Waals surface area (Å²) >= 11 is 9.30. The Morgan fingerprint density at radius 1 is 1.08 bits per heavy atom. The maximum atomic E-state index is 14.1. The molecule has 2 nitrogen and oxygen atoms in total. The average molecular weight is 401 g/mol. The van der Waals surface area contributed by atoms with Crippen LogP contribution >= 0.6 is 34.7 Å². The summed E-state index contributed by atoms with van der Waals surface area (Å²) in [6.07, 6.45) is 1.57. The molecular formula is C20H14ClFN2S2. The molecule has 0 spiro atoms. The van der Waals surface area contributed by atoms with E-state index in [-0.39, 0.29) is 5.82 Å². The topological polar surface area (TPSA) is 25.8 Å². The minimum absolute atomic E-state index is 0.292. The number of hydrogen-bond acceptors (Lipinski definition) is 4. The van der Waals surface area contributed by atoms with Crippen molar-refractivity contribution in [3.63, 3.8) is 0 Å². The minimum Gasteiger partial charge on any atom is -0.229 e. The van der Waals surface area contributed by atoms with Gasteiger partial charge < -0.3 is 0 Å². The van der Waals surface area contributed by atoms with Crippen LogP contribution in [0.2, 0.25) is 5.02 Å². The molecule has 0 fully saturated rings. The zero-order chi connectivity index (χ0) is 18.1. The standard InChI is InChI=1S/C20H14ClFN2S2/c1-12-17(13-6-3-2-4-7-13)18-19(23-11-24-20(18)26-12)25-10-14-15(21)8-5-9-16(14)22/h2-9,11H,10H2,1H3. The predicted molar refractivity (Wildman–Crippen MR) is 109 cm³/mol. The molecule has 0 unspecified atom stereocenters. The van der Waals surface area contributed by atoms with E-state index in [1.807, 2.05) is 18.2 Å². The second-order valence-corrected chi connectivity index (χ2v) is 8.32. The van der Waals surface area contributed by atoms with E-state index in [4.69, 9.17) is 11.6 Å². The number of aromatic nitrogens is 2. The number of hydrogen-bond donors (Lipinski definition) is 0. The molecule has 130 valence electrons. The van der Waals surface area contributed by atoms with Crippen molar-refractivity contribution in [3.8, 4) is 11.1 Å². The van der Waals surface area contributed by atoms with Crippen LogP contribution in [0.25, 0.3) is 21.3 Å². The van der Waals surface area contributed by atoms with E-state index in [1.54, 1.807) is 29.8 Å². The maximum Gasteiger partial charge on any atom is 0.128 e. The van der Waals surface area contributed by atoms with E-state index >= 15 is 0 Å². The Bertz CT molecular complexity index is 1060. The number of halogens is 2. The van der Waals surface area contributed by atoms with Crippen LogP contribution in [0.1, 0.15) is 10.4 Å². The largest absolute Gasteiger partial charge is 0.229 e. The van der Waals surface area contributed by atoms with Gasteiger partial charge in [-0.25, -0.2) is 14.4 Å². The lowest BCUT2D eigenvalue weighted by molar-refractivity contribution is 0.617. The van der Waals surface area contributed by atoms with Crippen molar-refractivity contribution in [1.29, 1.82) is 0 Å². The third kappa shape index (κ3) is 3.22. The van der Waals surface area contributed by atoms with Gasteiger partial charge in [-0.2, -0.15) is 0 Å². The second kappa shape index (κ2) is 7.35. The monoisotopic (exact) mass is 400 g/mol. The van der Waals surface area contributed by atoms with E-state index in [1.165, 1.54) is 22.7 Å². The molecule has 0 atom stereocenters. The van der Waals surface area contributed by atoms with Crippen molar-refractivity contribution >= 4 is 44.9 Å². The predicted octanol–water partition coefficient (Wildman–Crippen LogP) is 6.75. The molecule has 0 bridgehead atoms. The highest BCUT2D eigenvalue weighted by atomic mass is 35.5. The number of thiophene rings is 1. The van der Waals surface area contributed by atoms with Crippen LogP contribution in [0, 0.1) is 12.7 Å². The summed E-state index contributed by atoms with van der Waals surface area (Å²) in [6.45, 7) is 2.09. The number of rotatable bonds is 4. The first-order chi connectivity index (χ1) is 12.6. The van der Waals surface area contributed by atoms with Crippen molar-refractivity contribution in [3.05, 3.63) is 76.1 Å². The molecule has 4 rings (SSSR count). The maximum absolute atomic E-state index is 14.1. The summed E-state index contributed by atoms with van der Waals surface area (Å²) in [5.41, 5.74) is 2.78. The first-order valence-corrected chi connectivity index (χ1v) is 10.2. The summed E-state index contributed by atoms with van der Waals surface area (Å²) in [7, 11) is 0. The van der Waals surface area contributed by atoms with Gasteiger partial charge in [0.2, 0.25) is 0 Å². The average Bonchev–Trinajstić information content (AvgIpc) is 2.98. The molecule has 0 aliphatic heterocycles. The Hall–Kier alpha value is -1.95. The van der Waals surface area contributed by atoms with Gasteiger partial charge >= 0.3 is 0 Å². The molecule has 4 aromatic rings. The second-order valence-electron chi connectivity index (χ2n) is 5.75. The first-order valence-electron chi connectivity index (χ1n) is 8.00. The number of fused-ring (bicyclic) bond motifs is 1. The van der Waals surface area contributed by atoms with Crippen LogP contribution < -0.4 is 0 Å². The molecule has 0 aliphatic rings. The van der Waals surface area contributed by atoms with E-state index < -0.39 is 0 Å². The van der Waals surface area contributed by atoms with E-state index in [0.717, 1.165) is 26.4 Å². The van der Waals surface area contributed by atoms with Gasteiger partial charge in [0.1, 0.15) is 22.0 Å². The molecular weight excluding hydrogens is 387 g/mol. The Morgan fingerprint density at radius 2 is 1.88 bits per heavy atom. The minimum atomic E-state index is -0.292. The van der Waals surface area contributed by atoms with Gasteiger partial charge in [-0.3, -0.25) is 0 Å². The molecule has 0 saturated carbocycles. The van der Waals surface area contributed by atoms with Crippen LogP contribution in [0.4, 0.5) is 4.39 Å². The molecule has 2 aromatic heterocycles. The lowest BCUT2D eigenvalue weighted by atomic mass is 10.0. The summed E-state index contributed by atoms with van der Waals surface area (Å²) in [4.78, 5) is 11.0. The zero-order valence-electron chi connectivity index (χ0n) is 13.9. The van der Waals surface area contributed by atoms with Gasteiger partial charge in [0.25, 0.3) is 0 Å². The lowest BCUT2D eigenvalue weighted by Gasteiger charge is -2.08. The molecule has 0 aliphatic carbocycles. The number of benzene rings is 2. The first kappa shape index (κ1) is 17.5. The molecule has 0 N–H and O–H groups in total. The van der Waals surface area contributed by atoms with E-state index in [0.29, 0.717) is 16.3 Å². The van der Waals surface area contributed by atoms with Crippen molar-refractivity contribution < 1.29 is 4.39 Å². The highest BCUT2D eigenvalue weighted by Gasteiger charge is 2.17. The van der Waals surface area contributed by atoms with Crippen LogP contribution in [0.5, 0.6) is 0 Å². The van der Waals surface area contributed by atoms with Crippen LogP contribution in [0.3, 0.4) is 0 Å². The highest BCUT2D eigenvalue weighted by Crippen LogP contribution is 2.42. The number of thioether (sulfide) groups is 1. The zero-order valence-corrected chi connectivity index (χ0v) is 16.3. The van der Waals surface area contributed by atoms with Gasteiger partial charge in [0.15, 0.2) is 0 Å². The summed E-state index contributed by atoms with van der Waals surface area (Å²) in [5, 5.41) is 2.31. The molecule has 6 heteroatoms. The van der Waals surface area contributed by atoms with Gasteiger partial charge in [-0.15, -0.1) is 23.1 Å². The Balaban J connectivity index is 1.79. The molecule has 0 amide bonds. The number of nitrogens with zero attached hydrogens (tertiary/aromatic N) is 2. The molecule has 0 radical (unpaired) electrons. The smallest absolute Gasteiger partial charge is 0.128 e. The quantitative estimate of drug-likeness (QED) is 0.280. The third-order valence-electron chi connectivity index (χ3n) is 4.11. The fourth-order valence-electron chi connectivity index (χ4n) is 2.89. The highest BCUT2D eigenvalue weighted by molar-refractivity contribution is 7.98. The summed E-state index contributed by atoms with van der Waals surface area (Å²) < 4.78 is 14.1. The van der Waals surface area contributed by atoms with Gasteiger partial charge in [-0.1, -0.05) is 48.0 Å². The Kier molecular flexibility index (Phi) is 4.94. The summed E-state index contributed by atoms with van der Waals surface area (Å²) in [6, 6.07) is 15.0. The fraction of sp³-hybridized carbons (Fsp3) is 0.100. The molecule has 0 saturated heterocycles. The molecule has 2 heterocycles. The SMILES string of the molecule is Cc1sc2ncnc(SCc3c(F)cccc3Cl)c2c1-c1ccccc1. The van der Waals surface area contributed by atoms with Crippen molar-refractivity contribution in [2.75, 3.05) is 0 Å². The van der Waals surface area contributed by atoms with Gasteiger partial charge in [-0.05, 0) is 24.6 Å². The Morgan fingerprint density at radius 3 is 2.65 bits per heavy atom. The van der Waals surface area contributed by atoms with Gasteiger partial charge in [0.05, 0.1) is 5.39 Å². The van der Waals surface area contributed by atoms with Crippen molar-refractivity contribution in [1.82, 2.24) is 9.97 Å². The third-order valence-corrected chi connectivity index (χ3v) is 6.49. The normalized spacial score (nSPS) is 11.2. The van der Waals surface area contributed by atoms with Crippen LogP contribution in [-0.2, 0) is 5.75 Å². The Labute approximate surface area is 164 Å². The fourth-order valence-corrected chi connectivity index (χ4v) is 5.32. The van der Waals surface area contributed by atoms with E-state index in [9.17, 15) is 4.39 Å². The number of aryl methyl sites for hydroxylation is 1. The van der Waals surface area contributed by atoms with Crippen LogP contribution in [-0.4, -0.2) is 9.97 Å². The van der Waals surface area contributed by atoms with Gasteiger partial charge in [0, 0.05) is 26.8 Å². The van der Waals surface area contributed by atoms with E-state index in [2.05, 4.69) is 29.0 Å². The van der Waals surface area contributed by atoms with Crippen LogP contribution in [0.15, 0.2) is 59.9 Å². The summed E-state index contributed by atoms with van der Waals surface area (Å²) in [5.74, 6) is 0.126. The van der Waals surface area contributed by atoms with Crippen molar-refractivity contribution in [2.24, 2.45) is 0 Å².